The third kappa shape index (κ3) is 3.13. The first-order chi connectivity index (χ1) is 10.3. The quantitative estimate of drug-likeness (QED) is 0.741. The molecule has 0 aliphatic carbocycles. The van der Waals surface area contributed by atoms with Crippen molar-refractivity contribution in [3.63, 3.8) is 0 Å². The molecule has 0 radical (unpaired) electrons. The van der Waals surface area contributed by atoms with Crippen LogP contribution in [0.5, 0.6) is 0 Å². The van der Waals surface area contributed by atoms with E-state index in [2.05, 4.69) is 10.6 Å². The number of hydrogen-bond acceptors (Lipinski definition) is 4. The van der Waals surface area contributed by atoms with Crippen molar-refractivity contribution >= 4 is 11.8 Å². The van der Waals surface area contributed by atoms with Crippen molar-refractivity contribution in [2.24, 2.45) is 5.92 Å². The molecule has 2 rings (SSSR count). The molecule has 1 aliphatic heterocycles. The van der Waals surface area contributed by atoms with E-state index in [9.17, 15) is 14.7 Å². The largest absolute Gasteiger partial charge is 0.363 e. The van der Waals surface area contributed by atoms with Gasteiger partial charge in [-0.05, 0) is 11.5 Å². The summed E-state index contributed by atoms with van der Waals surface area (Å²) in [7, 11) is 1.36. The number of piperazine rings is 1. The second kappa shape index (κ2) is 6.06. The zero-order valence-electron chi connectivity index (χ0n) is 13.1. The van der Waals surface area contributed by atoms with Crippen LogP contribution in [0.3, 0.4) is 0 Å². The first-order valence-electron chi connectivity index (χ1n) is 7.28. The molecule has 1 heterocycles. The van der Waals surface area contributed by atoms with E-state index in [4.69, 9.17) is 4.74 Å². The average Bonchev–Trinajstić information content (AvgIpc) is 2.45. The smallest absolute Gasteiger partial charge is 0.276 e. The Morgan fingerprint density at radius 1 is 1.14 bits per heavy atom. The summed E-state index contributed by atoms with van der Waals surface area (Å²) in [5.41, 5.74) is -2.67. The van der Waals surface area contributed by atoms with Crippen LogP contribution in [0.1, 0.15) is 25.8 Å². The number of carbonyl (C=O) groups is 2. The Labute approximate surface area is 129 Å². The molecule has 120 valence electrons. The zero-order valence-corrected chi connectivity index (χ0v) is 13.1. The Morgan fingerprint density at radius 3 is 2.32 bits per heavy atom. The molecule has 1 unspecified atom stereocenters. The lowest BCUT2D eigenvalue weighted by atomic mass is 9.92. The van der Waals surface area contributed by atoms with Crippen LogP contribution in [-0.4, -0.2) is 35.5 Å². The van der Waals surface area contributed by atoms with Gasteiger partial charge in [-0.1, -0.05) is 44.2 Å². The third-order valence-corrected chi connectivity index (χ3v) is 3.73. The lowest BCUT2D eigenvalue weighted by molar-refractivity contribution is -0.182. The van der Waals surface area contributed by atoms with Crippen LogP contribution >= 0.6 is 0 Å². The Hall–Kier alpha value is -1.92. The predicted octanol–water partition coefficient (Wildman–Crippen LogP) is 0.552. The van der Waals surface area contributed by atoms with Crippen LogP contribution in [0.2, 0.25) is 0 Å². The molecule has 1 aliphatic rings. The Bertz CT molecular complexity index is 561. The Morgan fingerprint density at radius 2 is 1.77 bits per heavy atom. The first kappa shape index (κ1) is 16.5. The lowest BCUT2D eigenvalue weighted by Gasteiger charge is -2.43. The van der Waals surface area contributed by atoms with E-state index < -0.39 is 23.3 Å². The Kier molecular flexibility index (Phi) is 4.53. The summed E-state index contributed by atoms with van der Waals surface area (Å²) < 4.78 is 5.26. The molecule has 1 aromatic carbocycles. The van der Waals surface area contributed by atoms with E-state index in [1.54, 1.807) is 24.3 Å². The van der Waals surface area contributed by atoms with Gasteiger partial charge in [0.2, 0.25) is 11.4 Å². The van der Waals surface area contributed by atoms with Gasteiger partial charge >= 0.3 is 0 Å². The normalized spacial score (nSPS) is 28.4. The second-order valence-electron chi connectivity index (χ2n) is 6.06. The van der Waals surface area contributed by atoms with Crippen LogP contribution in [0.15, 0.2) is 30.3 Å². The van der Waals surface area contributed by atoms with Crippen molar-refractivity contribution in [3.05, 3.63) is 35.9 Å². The average molecular weight is 306 g/mol. The van der Waals surface area contributed by atoms with Gasteiger partial charge in [-0.3, -0.25) is 9.59 Å². The summed E-state index contributed by atoms with van der Waals surface area (Å²) in [6.45, 7) is 3.84. The topological polar surface area (TPSA) is 87.7 Å². The highest BCUT2D eigenvalue weighted by Gasteiger charge is 2.53. The van der Waals surface area contributed by atoms with Crippen LogP contribution < -0.4 is 10.6 Å². The van der Waals surface area contributed by atoms with Gasteiger partial charge in [0.15, 0.2) is 0 Å². The molecule has 0 bridgehead atoms. The predicted molar refractivity (Wildman–Crippen MR) is 80.6 cm³/mol. The second-order valence-corrected chi connectivity index (χ2v) is 6.06. The van der Waals surface area contributed by atoms with E-state index in [0.717, 1.165) is 5.56 Å². The standard InChI is InChI=1S/C16H22N2O4/c1-11(2)9-16(22-3)14(20)17-15(21,13(19)18-16)10-12-7-5-4-6-8-12/h4-8,11,21H,9-10H2,1-3H3,(H,17,20)(H,18,19)/t15-,16?/m1/s1. The van der Waals surface area contributed by atoms with Gasteiger partial charge in [0.25, 0.3) is 11.8 Å². The molecule has 2 atom stereocenters. The molecule has 1 aromatic rings. The SMILES string of the molecule is COC1(CC(C)C)NC(=O)[C@](O)(Cc2ccccc2)NC1=O. The van der Waals surface area contributed by atoms with Crippen molar-refractivity contribution < 1.29 is 19.4 Å². The van der Waals surface area contributed by atoms with Gasteiger partial charge in [-0.2, -0.15) is 0 Å². The maximum atomic E-state index is 12.4. The molecule has 0 saturated carbocycles. The van der Waals surface area contributed by atoms with Gasteiger partial charge in [0.1, 0.15) is 0 Å². The van der Waals surface area contributed by atoms with Crippen LogP contribution in [0, 0.1) is 5.92 Å². The molecule has 22 heavy (non-hydrogen) atoms. The van der Waals surface area contributed by atoms with E-state index in [1.165, 1.54) is 7.11 Å². The van der Waals surface area contributed by atoms with Gasteiger partial charge in [-0.25, -0.2) is 0 Å². The monoisotopic (exact) mass is 306 g/mol. The molecule has 6 nitrogen and oxygen atoms in total. The van der Waals surface area contributed by atoms with Crippen molar-refractivity contribution in [1.82, 2.24) is 10.6 Å². The molecular formula is C16H22N2O4. The summed E-state index contributed by atoms with van der Waals surface area (Å²) in [5.74, 6) is -1.08. The minimum Gasteiger partial charge on any atom is -0.363 e. The van der Waals surface area contributed by atoms with Gasteiger partial charge in [0.05, 0.1) is 0 Å². The number of methoxy groups -OCH3 is 1. The molecule has 0 spiro atoms. The maximum absolute atomic E-state index is 12.4. The minimum atomic E-state index is -1.97. The number of hydrogen-bond donors (Lipinski definition) is 3. The number of carbonyl (C=O) groups excluding carboxylic acids is 2. The Balaban J connectivity index is 2.22. The highest BCUT2D eigenvalue weighted by atomic mass is 16.5. The number of nitrogens with one attached hydrogen (secondary N) is 2. The fourth-order valence-electron chi connectivity index (χ4n) is 2.65. The van der Waals surface area contributed by atoms with E-state index in [1.807, 2.05) is 19.9 Å². The van der Waals surface area contributed by atoms with Gasteiger partial charge < -0.3 is 20.5 Å². The molecule has 3 N–H and O–H groups in total. The van der Waals surface area contributed by atoms with E-state index in [-0.39, 0.29) is 12.3 Å². The molecule has 2 amide bonds. The number of amides is 2. The van der Waals surface area contributed by atoms with Crippen LogP contribution in [-0.2, 0) is 20.7 Å². The third-order valence-electron chi connectivity index (χ3n) is 3.73. The number of ether oxygens (including phenoxy) is 1. The molecular weight excluding hydrogens is 284 g/mol. The first-order valence-corrected chi connectivity index (χ1v) is 7.28. The van der Waals surface area contributed by atoms with E-state index in [0.29, 0.717) is 6.42 Å². The van der Waals surface area contributed by atoms with Crippen molar-refractivity contribution in [2.75, 3.05) is 7.11 Å². The fraction of sp³-hybridized carbons (Fsp3) is 0.500. The summed E-state index contributed by atoms with van der Waals surface area (Å²) in [4.78, 5) is 24.8. The lowest BCUT2D eigenvalue weighted by Crippen LogP contribution is -2.76. The fourth-order valence-corrected chi connectivity index (χ4v) is 2.65. The van der Waals surface area contributed by atoms with Gasteiger partial charge in [-0.15, -0.1) is 0 Å². The number of benzene rings is 1. The molecule has 1 saturated heterocycles. The van der Waals surface area contributed by atoms with E-state index >= 15 is 0 Å². The van der Waals surface area contributed by atoms with Crippen molar-refractivity contribution in [2.45, 2.75) is 38.1 Å². The van der Waals surface area contributed by atoms with Crippen LogP contribution in [0.25, 0.3) is 0 Å². The summed E-state index contributed by atoms with van der Waals surface area (Å²) in [6.07, 6.45) is 0.315. The van der Waals surface area contributed by atoms with Crippen molar-refractivity contribution in [3.8, 4) is 0 Å². The van der Waals surface area contributed by atoms with Gasteiger partial charge in [0, 0.05) is 20.0 Å². The highest BCUT2D eigenvalue weighted by molar-refractivity contribution is 6.00. The summed E-state index contributed by atoms with van der Waals surface area (Å²) in [6, 6.07) is 9.01. The van der Waals surface area contributed by atoms with Crippen LogP contribution in [0.4, 0.5) is 0 Å². The summed E-state index contributed by atoms with van der Waals surface area (Å²) >= 11 is 0. The number of rotatable bonds is 5. The molecule has 6 heteroatoms. The minimum absolute atomic E-state index is 0.00706. The molecule has 0 aromatic heterocycles. The zero-order chi connectivity index (χ0) is 16.4. The number of aliphatic hydroxyl groups is 1. The summed E-state index contributed by atoms with van der Waals surface area (Å²) in [5, 5.41) is 15.5. The molecule has 1 fully saturated rings. The maximum Gasteiger partial charge on any atom is 0.276 e. The highest BCUT2D eigenvalue weighted by Crippen LogP contribution is 2.25. The van der Waals surface area contributed by atoms with Crippen molar-refractivity contribution in [1.29, 1.82) is 0 Å².